The number of nitrogens with two attached hydrogens (primary N) is 1. The number of aryl methyl sites for hydroxylation is 3. The van der Waals surface area contributed by atoms with E-state index in [1.165, 1.54) is 4.68 Å². The smallest absolute Gasteiger partial charge is 0.280 e. The number of nitrogen functional groups attached to an aromatic ring is 1. The molecule has 9 heteroatoms. The number of oxazole rings is 1. The van der Waals surface area contributed by atoms with Crippen molar-refractivity contribution in [2.24, 2.45) is 0 Å². The lowest BCUT2D eigenvalue weighted by molar-refractivity contribution is 0.102. The molecule has 0 aliphatic heterocycles. The van der Waals surface area contributed by atoms with Crippen LogP contribution in [0.1, 0.15) is 33.1 Å². The summed E-state index contributed by atoms with van der Waals surface area (Å²) in [7, 11) is 0. The van der Waals surface area contributed by atoms with Crippen LogP contribution in [0.5, 0.6) is 0 Å². The van der Waals surface area contributed by atoms with E-state index in [0.717, 1.165) is 16.7 Å². The van der Waals surface area contributed by atoms with Crippen LogP contribution in [0.2, 0.25) is 5.02 Å². The van der Waals surface area contributed by atoms with Gasteiger partial charge in [-0.1, -0.05) is 40.6 Å². The quantitative estimate of drug-likeness (QED) is 0.479. The first-order valence-corrected chi connectivity index (χ1v) is 9.99. The summed E-state index contributed by atoms with van der Waals surface area (Å²) in [5, 5.41) is 11.3. The third-order valence-corrected chi connectivity index (χ3v) is 5.16. The molecular weight excluding hydrogens is 416 g/mol. The summed E-state index contributed by atoms with van der Waals surface area (Å²) < 4.78 is 7.23. The van der Waals surface area contributed by atoms with Gasteiger partial charge in [0.15, 0.2) is 11.5 Å². The Labute approximate surface area is 184 Å². The van der Waals surface area contributed by atoms with Crippen molar-refractivity contribution >= 4 is 29.0 Å². The van der Waals surface area contributed by atoms with Gasteiger partial charge in [-0.3, -0.25) is 4.79 Å². The molecule has 2 aromatic heterocycles. The standard InChI is InChI=1S/C22H21ClN6O2/c1-12-4-7-15(8-5-12)22-26-18(14(3)31-22)11-29-20(24)19(27-28-29)21(30)25-17-10-16(23)9-6-13(17)2/h4-10H,11,24H2,1-3H3,(H,25,30). The number of rotatable bonds is 5. The SMILES string of the molecule is Cc1ccc(-c2nc(Cn3nnc(C(=O)Nc4cc(Cl)ccc4C)c3N)c(C)o2)cc1. The van der Waals surface area contributed by atoms with Gasteiger partial charge in [0.1, 0.15) is 11.5 Å². The average molecular weight is 437 g/mol. The van der Waals surface area contributed by atoms with Gasteiger partial charge in [-0.2, -0.15) is 0 Å². The summed E-state index contributed by atoms with van der Waals surface area (Å²) >= 11 is 6.02. The number of carbonyl (C=O) groups excluding carboxylic acids is 1. The maximum absolute atomic E-state index is 12.7. The molecule has 158 valence electrons. The molecule has 0 aliphatic carbocycles. The van der Waals surface area contributed by atoms with Crippen LogP contribution in [-0.4, -0.2) is 25.9 Å². The molecule has 31 heavy (non-hydrogen) atoms. The van der Waals surface area contributed by atoms with Crippen molar-refractivity contribution < 1.29 is 9.21 Å². The summed E-state index contributed by atoms with van der Waals surface area (Å²) in [6.07, 6.45) is 0. The Morgan fingerprint density at radius 1 is 1.16 bits per heavy atom. The number of aromatic nitrogens is 4. The van der Waals surface area contributed by atoms with Gasteiger partial charge in [-0.15, -0.1) is 5.10 Å². The zero-order chi connectivity index (χ0) is 22.1. The molecule has 4 aromatic rings. The molecule has 0 unspecified atom stereocenters. The first-order valence-electron chi connectivity index (χ1n) is 9.61. The molecule has 0 fully saturated rings. The highest BCUT2D eigenvalue weighted by atomic mass is 35.5. The van der Waals surface area contributed by atoms with E-state index in [1.807, 2.05) is 51.1 Å². The van der Waals surface area contributed by atoms with Crippen LogP contribution in [0.4, 0.5) is 11.5 Å². The second kappa shape index (κ2) is 8.23. The summed E-state index contributed by atoms with van der Waals surface area (Å²) in [4.78, 5) is 17.2. The summed E-state index contributed by atoms with van der Waals surface area (Å²) in [5.41, 5.74) is 10.3. The Kier molecular flexibility index (Phi) is 5.48. The van der Waals surface area contributed by atoms with Crippen LogP contribution < -0.4 is 11.1 Å². The number of nitrogens with one attached hydrogen (secondary N) is 1. The minimum atomic E-state index is -0.466. The maximum Gasteiger partial charge on any atom is 0.280 e. The van der Waals surface area contributed by atoms with Crippen molar-refractivity contribution in [1.29, 1.82) is 0 Å². The number of anilines is 2. The fraction of sp³-hybridized carbons (Fsp3) is 0.182. The van der Waals surface area contributed by atoms with Crippen LogP contribution in [-0.2, 0) is 6.54 Å². The Morgan fingerprint density at radius 3 is 2.65 bits per heavy atom. The second-order valence-electron chi connectivity index (χ2n) is 7.28. The van der Waals surface area contributed by atoms with Gasteiger partial charge in [0.25, 0.3) is 5.91 Å². The highest BCUT2D eigenvalue weighted by molar-refractivity contribution is 6.31. The van der Waals surface area contributed by atoms with Gasteiger partial charge in [0.05, 0.1) is 6.54 Å². The predicted molar refractivity (Wildman–Crippen MR) is 119 cm³/mol. The maximum atomic E-state index is 12.7. The molecule has 2 aromatic carbocycles. The van der Waals surface area contributed by atoms with Gasteiger partial charge in [-0.25, -0.2) is 9.67 Å². The second-order valence-corrected chi connectivity index (χ2v) is 7.72. The van der Waals surface area contributed by atoms with Crippen molar-refractivity contribution in [3.63, 3.8) is 0 Å². The van der Waals surface area contributed by atoms with Crippen molar-refractivity contribution in [1.82, 2.24) is 20.0 Å². The van der Waals surface area contributed by atoms with Gasteiger partial charge in [0, 0.05) is 16.3 Å². The van der Waals surface area contributed by atoms with Crippen molar-refractivity contribution in [2.75, 3.05) is 11.1 Å². The van der Waals surface area contributed by atoms with Crippen molar-refractivity contribution in [3.8, 4) is 11.5 Å². The largest absolute Gasteiger partial charge is 0.441 e. The molecule has 0 radical (unpaired) electrons. The predicted octanol–water partition coefficient (Wildman–Crippen LogP) is 4.39. The Hall–Kier alpha value is -3.65. The molecule has 4 rings (SSSR count). The van der Waals surface area contributed by atoms with E-state index >= 15 is 0 Å². The fourth-order valence-electron chi connectivity index (χ4n) is 3.05. The number of hydrogen-bond donors (Lipinski definition) is 2. The lowest BCUT2D eigenvalue weighted by Crippen LogP contribution is -2.16. The zero-order valence-corrected chi connectivity index (χ0v) is 18.1. The molecular formula is C22H21ClN6O2. The van der Waals surface area contributed by atoms with E-state index in [2.05, 4.69) is 20.6 Å². The minimum absolute atomic E-state index is 0.0271. The highest BCUT2D eigenvalue weighted by Crippen LogP contribution is 2.24. The Balaban J connectivity index is 1.54. The molecule has 0 atom stereocenters. The Morgan fingerprint density at radius 2 is 1.90 bits per heavy atom. The van der Waals surface area contributed by atoms with Gasteiger partial charge >= 0.3 is 0 Å². The first kappa shape index (κ1) is 20.6. The normalized spacial score (nSPS) is 11.0. The van der Waals surface area contributed by atoms with E-state index in [1.54, 1.807) is 12.1 Å². The molecule has 8 nitrogen and oxygen atoms in total. The minimum Gasteiger partial charge on any atom is -0.441 e. The van der Waals surface area contributed by atoms with E-state index in [-0.39, 0.29) is 18.1 Å². The van der Waals surface area contributed by atoms with Gasteiger partial charge < -0.3 is 15.5 Å². The van der Waals surface area contributed by atoms with E-state index in [9.17, 15) is 4.79 Å². The van der Waals surface area contributed by atoms with Crippen LogP contribution in [0, 0.1) is 20.8 Å². The Bertz CT molecular complexity index is 1260. The van der Waals surface area contributed by atoms with Gasteiger partial charge in [0.2, 0.25) is 5.89 Å². The summed E-state index contributed by atoms with van der Waals surface area (Å²) in [6, 6.07) is 13.1. The summed E-state index contributed by atoms with van der Waals surface area (Å²) in [6.45, 7) is 5.93. The lowest BCUT2D eigenvalue weighted by atomic mass is 10.1. The zero-order valence-electron chi connectivity index (χ0n) is 17.3. The molecule has 2 heterocycles. The van der Waals surface area contributed by atoms with Crippen LogP contribution in [0.25, 0.3) is 11.5 Å². The third kappa shape index (κ3) is 4.29. The average Bonchev–Trinajstić information content (AvgIpc) is 3.28. The van der Waals surface area contributed by atoms with Crippen LogP contribution >= 0.6 is 11.6 Å². The van der Waals surface area contributed by atoms with Gasteiger partial charge in [-0.05, 0) is 50.6 Å². The monoisotopic (exact) mass is 436 g/mol. The number of amides is 1. The molecule has 3 N–H and O–H groups in total. The first-order chi connectivity index (χ1) is 14.8. The summed E-state index contributed by atoms with van der Waals surface area (Å²) in [5.74, 6) is 0.828. The van der Waals surface area contributed by atoms with E-state index < -0.39 is 5.91 Å². The van der Waals surface area contributed by atoms with Crippen molar-refractivity contribution in [3.05, 3.63) is 75.8 Å². The molecule has 0 aliphatic rings. The number of halogens is 1. The van der Waals surface area contributed by atoms with Crippen molar-refractivity contribution in [2.45, 2.75) is 27.3 Å². The lowest BCUT2D eigenvalue weighted by Gasteiger charge is -2.08. The highest BCUT2D eigenvalue weighted by Gasteiger charge is 2.20. The third-order valence-electron chi connectivity index (χ3n) is 4.93. The fourth-order valence-corrected chi connectivity index (χ4v) is 3.22. The van der Waals surface area contributed by atoms with Crippen LogP contribution in [0.3, 0.4) is 0 Å². The van der Waals surface area contributed by atoms with E-state index in [0.29, 0.717) is 28.1 Å². The molecule has 0 saturated heterocycles. The molecule has 0 bridgehead atoms. The number of hydrogen-bond acceptors (Lipinski definition) is 6. The molecule has 0 saturated carbocycles. The topological polar surface area (TPSA) is 112 Å². The van der Waals surface area contributed by atoms with Crippen LogP contribution in [0.15, 0.2) is 46.9 Å². The number of benzene rings is 2. The molecule has 1 amide bonds. The number of nitrogens with zero attached hydrogens (tertiary/aromatic N) is 4. The number of carbonyl (C=O) groups is 1. The van der Waals surface area contributed by atoms with E-state index in [4.69, 9.17) is 21.8 Å². The molecule has 0 spiro atoms.